The zero-order valence-corrected chi connectivity index (χ0v) is 79.1. The maximum Gasteiger partial charge on any atom is 0.265 e. The van der Waals surface area contributed by atoms with Crippen LogP contribution in [0.5, 0.6) is 23.0 Å². The molecule has 0 spiro atoms. The van der Waals surface area contributed by atoms with Crippen LogP contribution >= 0.6 is 0 Å². The summed E-state index contributed by atoms with van der Waals surface area (Å²) in [6, 6.07) is 41.4. The number of unbranched alkanes of at least 4 members (excludes halogenated alkanes) is 15. The molecule has 2 heterocycles. The number of hydrogen-bond acceptors (Lipinski definition) is 2. The number of nitrogens with zero attached hydrogens (tertiary/aromatic N) is 2. The average Bonchev–Trinajstić information content (AvgIpc) is 1.64. The van der Waals surface area contributed by atoms with Crippen molar-refractivity contribution in [3.63, 3.8) is 0 Å². The van der Waals surface area contributed by atoms with E-state index >= 15 is 8.78 Å². The molecule has 0 aliphatic carbocycles. The summed E-state index contributed by atoms with van der Waals surface area (Å²) in [5, 5.41) is 30.8. The van der Waals surface area contributed by atoms with Gasteiger partial charge in [0.15, 0.2) is 13.2 Å². The minimum atomic E-state index is -0.419. The van der Waals surface area contributed by atoms with Gasteiger partial charge in [-0.1, -0.05) is 311 Å². The summed E-state index contributed by atoms with van der Waals surface area (Å²) in [5.74, 6) is 0.435. The van der Waals surface area contributed by atoms with E-state index in [0.29, 0.717) is 82.4 Å². The van der Waals surface area contributed by atoms with Gasteiger partial charge in [0, 0.05) is 69.6 Å². The van der Waals surface area contributed by atoms with Crippen LogP contribution in [-0.2, 0) is 58.3 Å². The first-order chi connectivity index (χ1) is 52.2. The summed E-state index contributed by atoms with van der Waals surface area (Å²) in [6.45, 7) is 56.7. The fraction of sp³-hybridized carbons (Fsp3) is 0.529. The zero-order valence-electron chi connectivity index (χ0n) is 75.5. The molecule has 0 unspecified atom stereocenters. The number of halogens is 2. The van der Waals surface area contributed by atoms with Crippen LogP contribution in [0.15, 0.2) is 121 Å². The molecule has 0 radical (unpaired) electrons. The van der Waals surface area contributed by atoms with Gasteiger partial charge in [-0.2, -0.15) is 6.54 Å². The maximum absolute atomic E-state index is 16.3. The molecule has 5 N–H and O–H groups in total. The number of nitrogens with one attached hydrogen (secondary N) is 1. The summed E-state index contributed by atoms with van der Waals surface area (Å²) in [6.07, 6.45) is 24.7. The molecule has 114 heavy (non-hydrogen) atoms. The third-order valence-electron chi connectivity index (χ3n) is 23.2. The van der Waals surface area contributed by atoms with Crippen LogP contribution in [0.25, 0.3) is 83.0 Å². The fourth-order valence-corrected chi connectivity index (χ4v) is 17.5. The molecule has 10 heteroatoms. The molecule has 0 fully saturated rings. The maximum atomic E-state index is 16.3. The molecule has 0 amide bonds. The van der Waals surface area contributed by atoms with Gasteiger partial charge in [-0.3, -0.25) is 0 Å². The second-order valence-corrected chi connectivity index (χ2v) is 41.0. The number of aliphatic hydroxyl groups is 2. The van der Waals surface area contributed by atoms with E-state index in [-0.39, 0.29) is 88.1 Å². The molecule has 0 saturated heterocycles. The molecular weight excluding hydrogens is 1570 g/mol. The zero-order chi connectivity index (χ0) is 82.4. The largest absolute Gasteiger partial charge is 0.677 e. The van der Waals surface area contributed by atoms with E-state index in [1.807, 2.05) is 13.8 Å². The Bertz CT molecular complexity index is 4440. The van der Waals surface area contributed by atoms with Gasteiger partial charge in [-0.15, -0.1) is 0 Å². The van der Waals surface area contributed by atoms with Gasteiger partial charge in [0.1, 0.15) is 29.6 Å². The van der Waals surface area contributed by atoms with Crippen LogP contribution in [-0.4, -0.2) is 48.6 Å². The Morgan fingerprint density at radius 3 is 0.868 bits per heavy atom. The van der Waals surface area contributed by atoms with Crippen molar-refractivity contribution in [2.75, 3.05) is 19.8 Å². The fourth-order valence-electron chi connectivity index (χ4n) is 17.5. The molecule has 7 nitrogen and oxygen atoms in total. The standard InChI is InChI=1S/C85H104F2N2O4.C18H38N.CH3.Hf/c1-50-36-58(86)46-66(64-38-56(84(21,22)48-78(3,4)5)44-72(74(64)90)88-68-40-52(80(9,10)11)26-30-60(68)61-31-27-53(41-69(61)88)81(12,13)14)76(50)92-34-25-35-93-77-51(2)37-59(87)47-67(77)65-39-57(85(23,24)49-79(6,7)8)45-73(75(65)91)89-70-42-54(82(15,16)17)28-32-62(70)63-33-29-55(43-71(63)89)83(18,19)20;1-2-3-4-5-6-7-8-9-10-11-12-13-14-15-16-17-18-19;;/h26-33,36-47,90-91H,25,34-35,48-49H2,1-24H3;19H,2-18H2,1H3;1H3;/q;2*-1;/p+2. The average molecular weight is 1720 g/mol. The van der Waals surface area contributed by atoms with Gasteiger partial charge in [0.2, 0.25) is 0 Å². The molecule has 0 saturated carbocycles. The van der Waals surface area contributed by atoms with E-state index in [4.69, 9.17) is 15.2 Å². The number of phenolic OH excluding ortho intramolecular Hbond substituents is 2. The normalized spacial score (nSPS) is 12.7. The van der Waals surface area contributed by atoms with Crippen LogP contribution in [0.2, 0.25) is 0 Å². The van der Waals surface area contributed by atoms with Gasteiger partial charge in [-0.25, -0.2) is 8.78 Å². The molecular formula is C104H147F2HfN3O4. The number of aromatic hydroxyl groups is 4. The summed E-state index contributed by atoms with van der Waals surface area (Å²) >= 11 is 0. The number of phenols is 2. The molecule has 10 rings (SSSR count). The predicted molar refractivity (Wildman–Crippen MR) is 487 cm³/mol. The summed E-state index contributed by atoms with van der Waals surface area (Å²) < 4.78 is 47.7. The van der Waals surface area contributed by atoms with Gasteiger partial charge < -0.3 is 42.0 Å². The van der Waals surface area contributed by atoms with Gasteiger partial charge >= 0.3 is 0 Å². The number of rotatable bonds is 30. The molecule has 0 aliphatic rings. The van der Waals surface area contributed by atoms with E-state index in [2.05, 4.69) is 265 Å². The summed E-state index contributed by atoms with van der Waals surface area (Å²) in [7, 11) is 0. The molecule has 0 bridgehead atoms. The quantitative estimate of drug-likeness (QED) is 0.0203. The number of benzene rings is 8. The second kappa shape index (κ2) is 38.3. The first-order valence-electron chi connectivity index (χ1n) is 42.8. The van der Waals surface area contributed by atoms with E-state index in [9.17, 15) is 10.2 Å². The third kappa shape index (κ3) is 23.4. The minimum Gasteiger partial charge on any atom is -0.677 e. The van der Waals surface area contributed by atoms with Crippen molar-refractivity contribution in [1.82, 2.24) is 9.13 Å². The summed E-state index contributed by atoms with van der Waals surface area (Å²) in [4.78, 5) is 0. The van der Waals surface area contributed by atoms with E-state index in [0.717, 1.165) is 74.0 Å². The van der Waals surface area contributed by atoms with Gasteiger partial charge in [0.25, 0.3) is 11.5 Å². The number of ether oxygens (including phenoxy) is 2. The van der Waals surface area contributed by atoms with Crippen molar-refractivity contribution in [2.45, 2.75) is 328 Å². The number of aryl methyl sites for hydroxylation is 2. The van der Waals surface area contributed by atoms with Crippen LogP contribution in [0.1, 0.15) is 326 Å². The Morgan fingerprint density at radius 2 is 0.614 bits per heavy atom. The van der Waals surface area contributed by atoms with Crippen molar-refractivity contribution in [3.05, 3.63) is 191 Å². The van der Waals surface area contributed by atoms with Crippen molar-refractivity contribution in [1.29, 1.82) is 0 Å². The first-order valence-corrected chi connectivity index (χ1v) is 42.8. The topological polar surface area (TPSA) is 99.7 Å². The molecule has 0 aliphatic heterocycles. The van der Waals surface area contributed by atoms with Crippen molar-refractivity contribution >= 4 is 43.6 Å². The number of fused-ring (bicyclic) bond motifs is 6. The smallest absolute Gasteiger partial charge is 0.265 e. The molecule has 0 atom stereocenters. The monoisotopic (exact) mass is 1720 g/mol. The number of aromatic nitrogens is 2. The van der Waals surface area contributed by atoms with E-state index in [1.54, 1.807) is 0 Å². The Kier molecular flexibility index (Phi) is 31.7. The predicted octanol–water partition coefficient (Wildman–Crippen LogP) is 31.5. The van der Waals surface area contributed by atoms with Crippen LogP contribution < -0.4 is 0 Å². The third-order valence-corrected chi connectivity index (χ3v) is 23.2. The molecule has 10 aromatic rings. The van der Waals surface area contributed by atoms with Gasteiger partial charge in [0.05, 0.1) is 44.6 Å². The van der Waals surface area contributed by atoms with Crippen LogP contribution in [0.3, 0.4) is 0 Å². The SMILES string of the molecule is CCCCCCCCCCCCCCCCCC[NH-].Cc1cc(F)cc(-c2cc(C(C)(C)CC(C)(C)C)cc(-n3c4cc(C(C)(C)C)ccc4c4ccc(C(C)(C)C)cc43)c2O)c1[OH+]CCC[OH+]c1c(C)cc(F)cc1-c1cc(C(C)(C)CC(C)(C)C)cc(-n2c3cc(C(C)(C)C)ccc3c3ccc(C(C)(C)C)cc32)c1O.[CH3-].[Hf]. The van der Waals surface area contributed by atoms with Crippen LogP contribution in [0.4, 0.5) is 8.78 Å². The molecule has 8 aromatic carbocycles. The van der Waals surface area contributed by atoms with Crippen LogP contribution in [0, 0.1) is 43.7 Å². The van der Waals surface area contributed by atoms with E-state index in [1.165, 1.54) is 143 Å². The van der Waals surface area contributed by atoms with Gasteiger partial charge in [-0.05, 0) is 176 Å². The minimum absolute atomic E-state index is 0. The number of hydrogen-bond donors (Lipinski definition) is 2. The first kappa shape index (κ1) is 94.4. The molecule has 2 aromatic heterocycles. The Balaban J connectivity index is 0.000000757. The van der Waals surface area contributed by atoms with Crippen molar-refractivity contribution < 1.29 is 54.3 Å². The Hall–Kier alpha value is -6.75. The van der Waals surface area contributed by atoms with E-state index < -0.39 is 11.6 Å². The Labute approximate surface area is 707 Å². The second-order valence-electron chi connectivity index (χ2n) is 41.0. The van der Waals surface area contributed by atoms with Crippen molar-refractivity contribution in [2.24, 2.45) is 10.8 Å². The molecule has 620 valence electrons. The van der Waals surface area contributed by atoms with Crippen molar-refractivity contribution in [3.8, 4) is 56.6 Å². The summed E-state index contributed by atoms with van der Waals surface area (Å²) in [5.41, 5.74) is 20.9. The Morgan fingerprint density at radius 1 is 0.342 bits per heavy atom.